The number of rotatable bonds is 7. The molecule has 0 unspecified atom stereocenters. The molecule has 0 radical (unpaired) electrons. The second-order valence-electron chi connectivity index (χ2n) is 7.05. The normalized spacial score (nSPS) is 12.6. The molecule has 0 spiro atoms. The van der Waals surface area contributed by atoms with Gasteiger partial charge in [-0.25, -0.2) is 5.43 Å². The molecule has 0 saturated heterocycles. The minimum absolute atomic E-state index is 0.0763. The smallest absolute Gasteiger partial charge is 0.275 e. The molecule has 0 bridgehead atoms. The quantitative estimate of drug-likeness (QED) is 0.357. The number of aromatic hydroxyl groups is 1. The topological polar surface area (TPSA) is 126 Å². The van der Waals surface area contributed by atoms with E-state index in [-0.39, 0.29) is 17.0 Å². The average Bonchev–Trinajstić information content (AvgIpc) is 2.84. The highest BCUT2D eigenvalue weighted by atomic mass is 35.5. The fraction of sp³-hybridized carbons (Fsp3) is 0.0800. The van der Waals surface area contributed by atoms with E-state index < -0.39 is 23.5 Å². The van der Waals surface area contributed by atoms with Gasteiger partial charge >= 0.3 is 0 Å². The largest absolute Gasteiger partial charge is 0.507 e. The summed E-state index contributed by atoms with van der Waals surface area (Å²) in [6.07, 6.45) is 0. The second kappa shape index (κ2) is 11.1. The number of Topliss-reactive ketones (excluding diaryl/α,β-unsaturated/α-hetero) is 1. The van der Waals surface area contributed by atoms with Gasteiger partial charge in [0, 0.05) is 10.0 Å². The van der Waals surface area contributed by atoms with Crippen molar-refractivity contribution in [2.75, 3.05) is 0 Å². The first-order chi connectivity index (χ1) is 16.3. The third-order valence-electron chi connectivity index (χ3n) is 4.88. The zero-order valence-corrected chi connectivity index (χ0v) is 19.0. The number of hydrazone groups is 1. The number of nitrogens with one attached hydrogen (secondary N) is 1. The first-order valence-electron chi connectivity index (χ1n) is 9.86. The van der Waals surface area contributed by atoms with Crippen LogP contribution in [0.5, 0.6) is 5.75 Å². The van der Waals surface area contributed by atoms with Gasteiger partial charge in [0.25, 0.3) is 5.91 Å². The predicted octanol–water partition coefficient (Wildman–Crippen LogP) is 4.97. The molecule has 7 nitrogen and oxygen atoms in total. The Kier molecular flexibility index (Phi) is 8.00. The van der Waals surface area contributed by atoms with Crippen molar-refractivity contribution in [3.05, 3.63) is 99.5 Å². The van der Waals surface area contributed by atoms with Gasteiger partial charge in [-0.3, -0.25) is 9.59 Å². The van der Waals surface area contributed by atoms with Crippen molar-refractivity contribution in [2.24, 2.45) is 5.10 Å². The summed E-state index contributed by atoms with van der Waals surface area (Å²) in [7, 11) is 0. The predicted molar refractivity (Wildman–Crippen MR) is 128 cm³/mol. The number of nitrogens with zero attached hydrogens (tertiary/aromatic N) is 3. The van der Waals surface area contributed by atoms with Crippen molar-refractivity contribution >= 4 is 40.6 Å². The highest BCUT2D eigenvalue weighted by Gasteiger charge is 2.32. The lowest BCUT2D eigenvalue weighted by Crippen LogP contribution is -2.31. The molecule has 34 heavy (non-hydrogen) atoms. The van der Waals surface area contributed by atoms with E-state index in [2.05, 4.69) is 10.5 Å². The summed E-state index contributed by atoms with van der Waals surface area (Å²) in [6.45, 7) is 0. The van der Waals surface area contributed by atoms with Crippen LogP contribution in [0.4, 0.5) is 0 Å². The molecule has 0 fully saturated rings. The Balaban J connectivity index is 2.04. The highest BCUT2D eigenvalue weighted by molar-refractivity contribution is 6.45. The number of benzene rings is 3. The van der Waals surface area contributed by atoms with Crippen molar-refractivity contribution in [3.8, 4) is 17.9 Å². The number of amides is 1. The fourth-order valence-electron chi connectivity index (χ4n) is 3.14. The molecular weight excluding hydrogens is 475 g/mol. The van der Waals surface area contributed by atoms with Gasteiger partial charge in [0.2, 0.25) is 5.78 Å². The van der Waals surface area contributed by atoms with Crippen molar-refractivity contribution in [1.82, 2.24) is 5.43 Å². The summed E-state index contributed by atoms with van der Waals surface area (Å²) in [4.78, 5) is 26.0. The Hall–Kier alpha value is -4.17. The van der Waals surface area contributed by atoms with Gasteiger partial charge in [0.15, 0.2) is 0 Å². The lowest BCUT2D eigenvalue weighted by molar-refractivity contribution is -0.113. The molecule has 0 aliphatic heterocycles. The minimum atomic E-state index is -1.30. The number of carbonyl (C=O) groups is 2. The van der Waals surface area contributed by atoms with Gasteiger partial charge in [-0.1, -0.05) is 59.6 Å². The van der Waals surface area contributed by atoms with Gasteiger partial charge in [-0.15, -0.1) is 0 Å². The van der Waals surface area contributed by atoms with E-state index in [0.29, 0.717) is 21.2 Å². The van der Waals surface area contributed by atoms with Gasteiger partial charge in [0.05, 0.1) is 17.7 Å². The molecule has 3 aromatic rings. The van der Waals surface area contributed by atoms with E-state index in [1.54, 1.807) is 36.4 Å². The maximum Gasteiger partial charge on any atom is 0.275 e. The van der Waals surface area contributed by atoms with Gasteiger partial charge in [0.1, 0.15) is 23.3 Å². The summed E-state index contributed by atoms with van der Waals surface area (Å²) in [5.41, 5.74) is 2.53. The molecule has 0 aromatic heterocycles. The van der Waals surface area contributed by atoms with E-state index in [0.717, 1.165) is 0 Å². The number of ketones is 1. The third kappa shape index (κ3) is 5.60. The van der Waals surface area contributed by atoms with E-state index in [4.69, 9.17) is 23.2 Å². The minimum Gasteiger partial charge on any atom is -0.507 e. The summed E-state index contributed by atoms with van der Waals surface area (Å²) in [5.74, 6) is -4.37. The molecule has 1 amide bonds. The monoisotopic (exact) mass is 490 g/mol. The summed E-state index contributed by atoms with van der Waals surface area (Å²) in [5, 5.41) is 34.3. The van der Waals surface area contributed by atoms with Crippen molar-refractivity contribution in [3.63, 3.8) is 0 Å². The van der Waals surface area contributed by atoms with Gasteiger partial charge < -0.3 is 5.11 Å². The molecule has 2 atom stereocenters. The van der Waals surface area contributed by atoms with Crippen LogP contribution >= 0.6 is 23.2 Å². The molecule has 0 saturated carbocycles. The molecular formula is C25H16Cl2N4O3. The zero-order chi connectivity index (χ0) is 24.7. The van der Waals surface area contributed by atoms with Crippen LogP contribution in [0.2, 0.25) is 10.0 Å². The van der Waals surface area contributed by atoms with Crippen LogP contribution in [0.15, 0.2) is 77.9 Å². The molecule has 0 aliphatic carbocycles. The second-order valence-corrected chi connectivity index (χ2v) is 7.92. The molecule has 0 aliphatic rings. The molecule has 0 heterocycles. The highest BCUT2D eigenvalue weighted by Crippen LogP contribution is 2.26. The Morgan fingerprint density at radius 1 is 0.824 bits per heavy atom. The number of hydrogen-bond donors (Lipinski definition) is 2. The molecule has 3 rings (SSSR count). The Morgan fingerprint density at radius 3 is 1.82 bits per heavy atom. The summed E-state index contributed by atoms with van der Waals surface area (Å²) < 4.78 is 0. The number of phenols is 1. The molecule has 168 valence electrons. The van der Waals surface area contributed by atoms with Crippen molar-refractivity contribution < 1.29 is 14.7 Å². The lowest BCUT2D eigenvalue weighted by atomic mass is 9.86. The van der Waals surface area contributed by atoms with Crippen LogP contribution in [-0.4, -0.2) is 22.5 Å². The number of para-hydroxylation sites is 1. The van der Waals surface area contributed by atoms with Crippen molar-refractivity contribution in [1.29, 1.82) is 10.5 Å². The van der Waals surface area contributed by atoms with Crippen LogP contribution in [0.1, 0.15) is 33.3 Å². The third-order valence-corrected chi connectivity index (χ3v) is 5.38. The Morgan fingerprint density at radius 2 is 1.32 bits per heavy atom. The molecule has 2 N–H and O–H groups in total. The summed E-state index contributed by atoms with van der Waals surface area (Å²) in [6, 6.07) is 22.0. The van der Waals surface area contributed by atoms with Crippen LogP contribution in [0.3, 0.4) is 0 Å². The van der Waals surface area contributed by atoms with Crippen LogP contribution in [0.25, 0.3) is 0 Å². The zero-order valence-electron chi connectivity index (χ0n) is 17.4. The number of hydrogen-bond acceptors (Lipinski definition) is 6. The maximum absolute atomic E-state index is 13.5. The number of nitriles is 2. The van der Waals surface area contributed by atoms with E-state index in [1.807, 2.05) is 12.1 Å². The fourth-order valence-corrected chi connectivity index (χ4v) is 3.39. The Labute approximate surface area is 205 Å². The number of phenolic OH excluding ortho intramolecular Hbond substituents is 1. The van der Waals surface area contributed by atoms with E-state index in [9.17, 15) is 25.2 Å². The van der Waals surface area contributed by atoms with Gasteiger partial charge in [-0.2, -0.15) is 15.6 Å². The van der Waals surface area contributed by atoms with Crippen LogP contribution < -0.4 is 5.43 Å². The number of halogens is 2. The summed E-state index contributed by atoms with van der Waals surface area (Å²) >= 11 is 11.8. The average molecular weight is 491 g/mol. The molecule has 3 aromatic carbocycles. The van der Waals surface area contributed by atoms with E-state index in [1.165, 1.54) is 36.4 Å². The van der Waals surface area contributed by atoms with Crippen molar-refractivity contribution in [2.45, 2.75) is 11.8 Å². The molecule has 9 heteroatoms. The Bertz CT molecular complexity index is 1320. The van der Waals surface area contributed by atoms with Crippen LogP contribution in [-0.2, 0) is 4.79 Å². The SMILES string of the molecule is N#C[C@H](C(=O)/C(=N\NC(=O)c1ccccc1O)[C@@H](C#N)c1ccc(Cl)cc1)c1ccc(Cl)cc1. The number of carbonyl (C=O) groups excluding carboxylic acids is 2. The first kappa shape index (κ1) is 24.5. The lowest BCUT2D eigenvalue weighted by Gasteiger charge is -2.16. The van der Waals surface area contributed by atoms with Gasteiger partial charge in [-0.05, 0) is 47.5 Å². The van der Waals surface area contributed by atoms with Crippen LogP contribution in [0, 0.1) is 22.7 Å². The maximum atomic E-state index is 13.5. The first-order valence-corrected chi connectivity index (χ1v) is 10.6. The standard InChI is InChI=1S/C25H16Cl2N4O3/c26-17-9-5-15(6-10-17)20(13-28)23(30-31-25(34)19-3-1-2-4-22(19)32)24(33)21(14-29)16-7-11-18(27)12-8-16/h1-12,20-21,32H,(H,31,34)/b30-23-/t20-,21-/m0/s1. The van der Waals surface area contributed by atoms with E-state index >= 15 is 0 Å².